The van der Waals surface area contributed by atoms with Gasteiger partial charge in [-0.05, 0) is 32.4 Å². The van der Waals surface area contributed by atoms with E-state index in [9.17, 15) is 0 Å². The van der Waals surface area contributed by atoms with E-state index in [-0.39, 0.29) is 0 Å². The highest BCUT2D eigenvalue weighted by Crippen LogP contribution is 2.16. The van der Waals surface area contributed by atoms with Crippen LogP contribution in [-0.4, -0.2) is 25.0 Å². The zero-order chi connectivity index (χ0) is 10.7. The van der Waals surface area contributed by atoms with Crippen molar-refractivity contribution in [2.24, 2.45) is 0 Å². The monoisotopic (exact) mass is 201 g/mol. The molecular formula is C14H19N. The number of benzene rings is 1. The molecule has 1 aliphatic heterocycles. The summed E-state index contributed by atoms with van der Waals surface area (Å²) in [7, 11) is 2.18. The van der Waals surface area contributed by atoms with Crippen LogP contribution in [0.25, 0.3) is 0 Å². The Balaban J connectivity index is 2.03. The first-order valence-corrected chi connectivity index (χ1v) is 5.66. The molecule has 0 atom stereocenters. The van der Waals surface area contributed by atoms with Crippen molar-refractivity contribution in [1.82, 2.24) is 4.90 Å². The van der Waals surface area contributed by atoms with E-state index in [2.05, 4.69) is 49.2 Å². The molecule has 1 nitrogen and oxygen atoms in total. The van der Waals surface area contributed by atoms with E-state index in [1.54, 1.807) is 5.57 Å². The number of rotatable bonds is 2. The first kappa shape index (κ1) is 10.4. The van der Waals surface area contributed by atoms with Gasteiger partial charge in [0.1, 0.15) is 0 Å². The Morgan fingerprint density at radius 3 is 2.87 bits per heavy atom. The third kappa shape index (κ3) is 2.93. The standard InChI is InChI=1S/C14H19N/c1-12-4-3-5-14(10-12)11-13-6-8-15(2)9-7-13/h3-6,10H,7-9,11H2,1-2H3. The lowest BCUT2D eigenvalue weighted by Crippen LogP contribution is -2.24. The summed E-state index contributed by atoms with van der Waals surface area (Å²) in [5.41, 5.74) is 4.41. The molecule has 0 bridgehead atoms. The fourth-order valence-electron chi connectivity index (χ4n) is 2.06. The van der Waals surface area contributed by atoms with Crippen LogP contribution in [-0.2, 0) is 6.42 Å². The highest BCUT2D eigenvalue weighted by Gasteiger charge is 2.07. The van der Waals surface area contributed by atoms with Crippen LogP contribution in [0.1, 0.15) is 17.5 Å². The molecule has 0 unspecified atom stereocenters. The van der Waals surface area contributed by atoms with Crippen molar-refractivity contribution in [2.75, 3.05) is 20.1 Å². The predicted octanol–water partition coefficient (Wildman–Crippen LogP) is 2.80. The second-order valence-corrected chi connectivity index (χ2v) is 4.54. The first-order chi connectivity index (χ1) is 7.24. The van der Waals surface area contributed by atoms with Crippen molar-refractivity contribution in [3.05, 3.63) is 47.0 Å². The summed E-state index contributed by atoms with van der Waals surface area (Å²) in [6.45, 7) is 4.48. The lowest BCUT2D eigenvalue weighted by Gasteiger charge is -2.22. The van der Waals surface area contributed by atoms with E-state index >= 15 is 0 Å². The lowest BCUT2D eigenvalue weighted by atomic mass is 9.99. The van der Waals surface area contributed by atoms with E-state index in [0.717, 1.165) is 13.0 Å². The fraction of sp³-hybridized carbons (Fsp3) is 0.429. The van der Waals surface area contributed by atoms with Gasteiger partial charge in [-0.15, -0.1) is 0 Å². The maximum atomic E-state index is 2.38. The molecule has 2 rings (SSSR count). The number of nitrogens with zero attached hydrogens (tertiary/aromatic N) is 1. The second-order valence-electron chi connectivity index (χ2n) is 4.54. The second kappa shape index (κ2) is 4.63. The third-order valence-corrected chi connectivity index (χ3v) is 3.02. The number of aryl methyl sites for hydroxylation is 1. The van der Waals surface area contributed by atoms with E-state index in [1.165, 1.54) is 24.1 Å². The minimum absolute atomic E-state index is 1.11. The average Bonchev–Trinajstić information content (AvgIpc) is 2.22. The molecule has 1 aliphatic rings. The number of hydrogen-bond donors (Lipinski definition) is 0. The van der Waals surface area contributed by atoms with Crippen LogP contribution in [0.5, 0.6) is 0 Å². The summed E-state index contributed by atoms with van der Waals surface area (Å²) < 4.78 is 0. The summed E-state index contributed by atoms with van der Waals surface area (Å²) in [5.74, 6) is 0. The van der Waals surface area contributed by atoms with Crippen LogP contribution in [0, 0.1) is 6.92 Å². The number of likely N-dealkylation sites (N-methyl/N-ethyl adjacent to an activating group) is 1. The Kier molecular flexibility index (Phi) is 3.22. The van der Waals surface area contributed by atoms with E-state index < -0.39 is 0 Å². The molecular weight excluding hydrogens is 182 g/mol. The number of hydrogen-bond acceptors (Lipinski definition) is 1. The van der Waals surface area contributed by atoms with E-state index in [1.807, 2.05) is 0 Å². The van der Waals surface area contributed by atoms with Crippen LogP contribution in [0.15, 0.2) is 35.9 Å². The normalized spacial score (nSPS) is 17.6. The van der Waals surface area contributed by atoms with Crippen molar-refractivity contribution in [2.45, 2.75) is 19.8 Å². The van der Waals surface area contributed by atoms with Gasteiger partial charge >= 0.3 is 0 Å². The van der Waals surface area contributed by atoms with Crippen LogP contribution in [0.3, 0.4) is 0 Å². The molecule has 80 valence electrons. The SMILES string of the molecule is Cc1cccc(CC2=CCN(C)CC2)c1. The van der Waals surface area contributed by atoms with Crippen molar-refractivity contribution < 1.29 is 0 Å². The zero-order valence-corrected chi connectivity index (χ0v) is 9.66. The molecule has 0 saturated carbocycles. The van der Waals surface area contributed by atoms with Gasteiger partial charge in [-0.1, -0.05) is 41.5 Å². The van der Waals surface area contributed by atoms with Gasteiger partial charge in [0.2, 0.25) is 0 Å². The quantitative estimate of drug-likeness (QED) is 0.665. The third-order valence-electron chi connectivity index (χ3n) is 3.02. The molecule has 1 aromatic rings. The minimum Gasteiger partial charge on any atom is -0.302 e. The largest absolute Gasteiger partial charge is 0.302 e. The summed E-state index contributed by atoms with van der Waals surface area (Å²) in [6, 6.07) is 8.83. The molecule has 0 aliphatic carbocycles. The van der Waals surface area contributed by atoms with Gasteiger partial charge in [-0.25, -0.2) is 0 Å². The molecule has 1 heteroatoms. The van der Waals surface area contributed by atoms with Gasteiger partial charge in [-0.2, -0.15) is 0 Å². The van der Waals surface area contributed by atoms with Gasteiger partial charge in [0.15, 0.2) is 0 Å². The van der Waals surface area contributed by atoms with Gasteiger partial charge in [-0.3, -0.25) is 0 Å². The van der Waals surface area contributed by atoms with Gasteiger partial charge in [0.25, 0.3) is 0 Å². The molecule has 0 fully saturated rings. The van der Waals surface area contributed by atoms with Crippen LogP contribution < -0.4 is 0 Å². The van der Waals surface area contributed by atoms with Crippen LogP contribution in [0.4, 0.5) is 0 Å². The van der Waals surface area contributed by atoms with Crippen molar-refractivity contribution in [3.8, 4) is 0 Å². The fourth-order valence-corrected chi connectivity index (χ4v) is 2.06. The smallest absolute Gasteiger partial charge is 0.0163 e. The van der Waals surface area contributed by atoms with Gasteiger partial charge in [0.05, 0.1) is 0 Å². The first-order valence-electron chi connectivity index (χ1n) is 5.66. The van der Waals surface area contributed by atoms with Gasteiger partial charge in [0, 0.05) is 13.1 Å². The average molecular weight is 201 g/mol. The molecule has 0 saturated heterocycles. The topological polar surface area (TPSA) is 3.24 Å². The summed E-state index contributed by atoms with van der Waals surface area (Å²) >= 11 is 0. The molecule has 0 radical (unpaired) electrons. The maximum absolute atomic E-state index is 2.38. The molecule has 1 aromatic carbocycles. The Morgan fingerprint density at radius 2 is 2.20 bits per heavy atom. The zero-order valence-electron chi connectivity index (χ0n) is 9.66. The molecule has 0 spiro atoms. The van der Waals surface area contributed by atoms with Crippen LogP contribution in [0.2, 0.25) is 0 Å². The van der Waals surface area contributed by atoms with Crippen molar-refractivity contribution >= 4 is 0 Å². The lowest BCUT2D eigenvalue weighted by molar-refractivity contribution is 0.357. The highest BCUT2D eigenvalue weighted by atomic mass is 15.1. The van der Waals surface area contributed by atoms with Crippen molar-refractivity contribution in [3.63, 3.8) is 0 Å². The minimum atomic E-state index is 1.11. The van der Waals surface area contributed by atoms with E-state index in [4.69, 9.17) is 0 Å². The Hall–Kier alpha value is -1.08. The van der Waals surface area contributed by atoms with Crippen molar-refractivity contribution in [1.29, 1.82) is 0 Å². The van der Waals surface area contributed by atoms with E-state index in [0.29, 0.717) is 0 Å². The maximum Gasteiger partial charge on any atom is 0.0163 e. The Bertz CT molecular complexity index is 365. The van der Waals surface area contributed by atoms with Crippen LogP contribution >= 0.6 is 0 Å². The highest BCUT2D eigenvalue weighted by molar-refractivity contribution is 5.27. The predicted molar refractivity (Wildman–Crippen MR) is 65.1 cm³/mol. The Labute approximate surface area is 92.4 Å². The molecule has 0 N–H and O–H groups in total. The molecule has 1 heterocycles. The summed E-state index contributed by atoms with van der Waals surface area (Å²) in [6.07, 6.45) is 4.74. The van der Waals surface area contributed by atoms with Gasteiger partial charge < -0.3 is 4.90 Å². The molecule has 15 heavy (non-hydrogen) atoms. The summed E-state index contributed by atoms with van der Waals surface area (Å²) in [4.78, 5) is 2.36. The summed E-state index contributed by atoms with van der Waals surface area (Å²) in [5, 5.41) is 0. The molecule has 0 aromatic heterocycles. The molecule has 0 amide bonds. The Morgan fingerprint density at radius 1 is 1.33 bits per heavy atom.